The largest absolute Gasteiger partial charge is 0.497 e. The van der Waals surface area contributed by atoms with E-state index in [0.717, 1.165) is 11.1 Å². The van der Waals surface area contributed by atoms with Gasteiger partial charge in [0.05, 0.1) is 38.5 Å². The zero-order chi connectivity index (χ0) is 37.2. The third kappa shape index (κ3) is 7.36. The number of aliphatic hydroxyl groups is 1. The number of amides is 3. The summed E-state index contributed by atoms with van der Waals surface area (Å²) in [4.78, 5) is 44.9. The molecule has 4 aromatic carbocycles. The second-order valence-corrected chi connectivity index (χ2v) is 18.2. The summed E-state index contributed by atoms with van der Waals surface area (Å²) < 4.78 is 28.4. The predicted molar refractivity (Wildman–Crippen MR) is 202 cm³/mol. The van der Waals surface area contributed by atoms with Crippen molar-refractivity contribution in [3.05, 3.63) is 124 Å². The van der Waals surface area contributed by atoms with Gasteiger partial charge in [0, 0.05) is 46.4 Å². The molecule has 272 valence electrons. The highest BCUT2D eigenvalue weighted by Gasteiger charge is 2.67. The second kappa shape index (κ2) is 15.2. The molecule has 3 amide bonds. The highest BCUT2D eigenvalue weighted by Crippen LogP contribution is 2.60. The lowest BCUT2D eigenvalue weighted by atomic mass is 9.82. The van der Waals surface area contributed by atoms with Crippen molar-refractivity contribution >= 4 is 49.1 Å². The quantitative estimate of drug-likeness (QED) is 0.116. The molecule has 2 heterocycles. The molecule has 4 aromatic rings. The van der Waals surface area contributed by atoms with Gasteiger partial charge in [-0.3, -0.25) is 14.4 Å². The van der Waals surface area contributed by atoms with E-state index in [1.807, 2.05) is 43.3 Å². The van der Waals surface area contributed by atoms with Crippen molar-refractivity contribution in [3.63, 3.8) is 0 Å². The summed E-state index contributed by atoms with van der Waals surface area (Å²) in [5.41, 5.74) is 1.50. The van der Waals surface area contributed by atoms with Gasteiger partial charge in [-0.05, 0) is 78.8 Å². The van der Waals surface area contributed by atoms with Gasteiger partial charge >= 0.3 is 0 Å². The van der Waals surface area contributed by atoms with Gasteiger partial charge in [-0.25, -0.2) is 0 Å². The summed E-state index contributed by atoms with van der Waals surface area (Å²) in [6.45, 7) is 5.30. The summed E-state index contributed by atoms with van der Waals surface area (Å²) in [5.74, 6) is -0.934. The van der Waals surface area contributed by atoms with Crippen LogP contribution in [0.5, 0.6) is 5.75 Å². The fourth-order valence-corrected chi connectivity index (χ4v) is 10.4. The van der Waals surface area contributed by atoms with Gasteiger partial charge in [0.25, 0.3) is 11.8 Å². The molecule has 0 aromatic heterocycles. The van der Waals surface area contributed by atoms with Crippen molar-refractivity contribution in [2.24, 2.45) is 5.92 Å². The topological polar surface area (TPSA) is 108 Å². The van der Waals surface area contributed by atoms with Crippen LogP contribution in [0.25, 0.3) is 0 Å². The molecule has 0 bridgehead atoms. The zero-order valence-corrected chi connectivity index (χ0v) is 31.4. The van der Waals surface area contributed by atoms with E-state index in [0.29, 0.717) is 33.3 Å². The molecule has 2 aliphatic heterocycles. The van der Waals surface area contributed by atoms with E-state index in [2.05, 4.69) is 5.32 Å². The van der Waals surface area contributed by atoms with Crippen LogP contribution in [-0.2, 0) is 33.0 Å². The number of ether oxygens (including phenoxy) is 2. The van der Waals surface area contributed by atoms with Crippen LogP contribution in [0.4, 0.5) is 15.5 Å². The maximum Gasteiger partial charge on any atom is 0.264 e. The SMILES string of the molecule is COc1ccc(C(=O)Nc2cccc(CN3C(=O)[C@@]4(O[C@@H](CC(=O)N(CCO)Cc5ccccc5)[C@H]([Si](C)(C)F)[C@H]4C)c4cc(Cl)ccc43)c2)cc1. The molecule has 0 radical (unpaired) electrons. The first kappa shape index (κ1) is 37.2. The summed E-state index contributed by atoms with van der Waals surface area (Å²) >= 11 is 6.54. The lowest BCUT2D eigenvalue weighted by molar-refractivity contribution is -0.150. The van der Waals surface area contributed by atoms with Gasteiger partial charge in [-0.15, -0.1) is 0 Å². The van der Waals surface area contributed by atoms with Crippen LogP contribution >= 0.6 is 11.6 Å². The monoisotopic (exact) mass is 743 g/mol. The van der Waals surface area contributed by atoms with Crippen molar-refractivity contribution < 1.29 is 33.1 Å². The first-order valence-corrected chi connectivity index (χ1v) is 20.6. The van der Waals surface area contributed by atoms with Gasteiger partial charge in [0.2, 0.25) is 14.3 Å². The number of benzene rings is 4. The van der Waals surface area contributed by atoms with E-state index in [-0.39, 0.29) is 50.4 Å². The fraction of sp³-hybridized carbons (Fsp3) is 0.325. The molecule has 2 N–H and O–H groups in total. The smallest absolute Gasteiger partial charge is 0.264 e. The minimum absolute atomic E-state index is 0.104. The molecule has 0 saturated carbocycles. The van der Waals surface area contributed by atoms with Crippen molar-refractivity contribution in [1.82, 2.24) is 4.90 Å². The molecule has 12 heteroatoms. The molecular weight excluding hydrogens is 701 g/mol. The lowest BCUT2D eigenvalue weighted by Crippen LogP contribution is -2.45. The Labute approximate surface area is 309 Å². The number of hydrogen-bond acceptors (Lipinski definition) is 6. The Balaban J connectivity index is 1.28. The first-order chi connectivity index (χ1) is 24.8. The molecule has 0 unspecified atom stereocenters. The Hall–Kier alpha value is -4.55. The molecule has 4 atom stereocenters. The van der Waals surface area contributed by atoms with Crippen LogP contribution in [0, 0.1) is 5.92 Å². The number of nitrogens with one attached hydrogen (secondary N) is 1. The number of halogens is 2. The minimum Gasteiger partial charge on any atom is -0.497 e. The molecule has 52 heavy (non-hydrogen) atoms. The number of nitrogens with zero attached hydrogens (tertiary/aromatic N) is 2. The summed E-state index contributed by atoms with van der Waals surface area (Å²) in [6.07, 6.45) is -1.04. The number of aliphatic hydroxyl groups excluding tert-OH is 1. The van der Waals surface area contributed by atoms with E-state index in [1.165, 1.54) is 0 Å². The van der Waals surface area contributed by atoms with Crippen molar-refractivity contribution in [3.8, 4) is 5.75 Å². The molecular formula is C40H43ClFN3O6Si. The molecule has 6 rings (SSSR count). The molecule has 1 fully saturated rings. The molecule has 9 nitrogen and oxygen atoms in total. The maximum atomic E-state index is 16.4. The predicted octanol–water partition coefficient (Wildman–Crippen LogP) is 7.33. The number of carbonyl (C=O) groups excluding carboxylic acids is 3. The van der Waals surface area contributed by atoms with Gasteiger partial charge < -0.3 is 33.8 Å². The highest BCUT2D eigenvalue weighted by atomic mass is 35.5. The Kier molecular flexibility index (Phi) is 10.9. The van der Waals surface area contributed by atoms with Crippen LogP contribution in [0.3, 0.4) is 0 Å². The van der Waals surface area contributed by atoms with Crippen molar-refractivity contribution in [2.75, 3.05) is 30.5 Å². The summed E-state index contributed by atoms with van der Waals surface area (Å²) in [5, 5.41) is 13.1. The van der Waals surface area contributed by atoms with Crippen LogP contribution < -0.4 is 15.0 Å². The third-order valence-corrected chi connectivity index (χ3v) is 12.8. The molecule has 1 saturated heterocycles. The van der Waals surface area contributed by atoms with Gasteiger partial charge in [-0.1, -0.05) is 61.0 Å². The Morgan fingerprint density at radius 1 is 1.02 bits per heavy atom. The van der Waals surface area contributed by atoms with Crippen LogP contribution in [0.2, 0.25) is 23.7 Å². The number of methoxy groups -OCH3 is 1. The Bertz CT molecular complexity index is 1940. The van der Waals surface area contributed by atoms with Crippen LogP contribution in [0.1, 0.15) is 40.4 Å². The summed E-state index contributed by atoms with van der Waals surface area (Å²) in [7, 11) is -1.99. The fourth-order valence-electron chi connectivity index (χ4n) is 7.77. The average Bonchev–Trinajstić information content (AvgIpc) is 3.54. The number of fused-ring (bicyclic) bond motifs is 2. The maximum absolute atomic E-state index is 16.4. The number of carbonyl (C=O) groups is 3. The lowest BCUT2D eigenvalue weighted by Gasteiger charge is -2.31. The van der Waals surface area contributed by atoms with E-state index >= 15 is 4.11 Å². The third-order valence-electron chi connectivity index (χ3n) is 10.1. The van der Waals surface area contributed by atoms with Crippen LogP contribution in [-0.4, -0.2) is 62.5 Å². The number of rotatable bonds is 12. The van der Waals surface area contributed by atoms with Gasteiger partial charge in [0.1, 0.15) is 5.75 Å². The van der Waals surface area contributed by atoms with Gasteiger partial charge in [-0.2, -0.15) is 0 Å². The standard InChI is InChI=1S/C40H43ClFN3O6Si/c1-26-37(52(3,4)42)35(23-36(47)44(19-20-46)24-27-9-6-5-7-10-27)51-40(26)33-22-30(41)15-18-34(33)45(39(40)49)25-28-11-8-12-31(21-28)43-38(48)29-13-16-32(50-2)17-14-29/h5-18,21-22,26,35,37,46H,19-20,23-25H2,1-4H3,(H,43,48)/t26-,35+,37-,40+/m1/s1. The van der Waals surface area contributed by atoms with E-state index in [9.17, 15) is 19.5 Å². The van der Waals surface area contributed by atoms with Crippen LogP contribution in [0.15, 0.2) is 97.1 Å². The van der Waals surface area contributed by atoms with Gasteiger partial charge in [0.15, 0.2) is 5.60 Å². The highest BCUT2D eigenvalue weighted by molar-refractivity contribution is 6.72. The molecule has 2 aliphatic rings. The van der Waals surface area contributed by atoms with Crippen molar-refractivity contribution in [1.29, 1.82) is 0 Å². The normalized spacial score (nSPS) is 20.9. The Morgan fingerprint density at radius 3 is 2.40 bits per heavy atom. The van der Waals surface area contributed by atoms with E-state index in [4.69, 9.17) is 21.1 Å². The number of hydrogen-bond donors (Lipinski definition) is 2. The van der Waals surface area contributed by atoms with E-state index in [1.54, 1.807) is 90.7 Å². The minimum atomic E-state index is -3.55. The average molecular weight is 744 g/mol. The molecule has 1 spiro atoms. The zero-order valence-electron chi connectivity index (χ0n) is 29.6. The van der Waals surface area contributed by atoms with E-state index < -0.39 is 31.6 Å². The number of anilines is 2. The Morgan fingerprint density at radius 2 is 1.73 bits per heavy atom. The second-order valence-electron chi connectivity index (χ2n) is 13.9. The van der Waals surface area contributed by atoms with Crippen molar-refractivity contribution in [2.45, 2.75) is 56.8 Å². The first-order valence-electron chi connectivity index (χ1n) is 17.3. The summed E-state index contributed by atoms with van der Waals surface area (Å²) in [6, 6.07) is 28.6. The molecule has 0 aliphatic carbocycles.